The van der Waals surface area contributed by atoms with Gasteiger partial charge in [-0.15, -0.1) is 0 Å². The second-order valence-corrected chi connectivity index (χ2v) is 7.39. The van der Waals surface area contributed by atoms with E-state index in [4.69, 9.17) is 4.98 Å². The van der Waals surface area contributed by atoms with Crippen molar-refractivity contribution in [2.24, 2.45) is 0 Å². The summed E-state index contributed by atoms with van der Waals surface area (Å²) in [5, 5.41) is 7.57. The highest BCUT2D eigenvalue weighted by atomic mass is 16.2. The number of rotatable bonds is 4. The highest BCUT2D eigenvalue weighted by Gasteiger charge is 2.24. The third-order valence-electron chi connectivity index (χ3n) is 5.52. The Morgan fingerprint density at radius 2 is 2.22 bits per heavy atom. The van der Waals surface area contributed by atoms with Crippen molar-refractivity contribution in [3.63, 3.8) is 0 Å². The van der Waals surface area contributed by atoms with E-state index in [1.54, 1.807) is 0 Å². The van der Waals surface area contributed by atoms with Crippen molar-refractivity contribution in [1.29, 1.82) is 0 Å². The molecule has 2 aliphatic rings. The highest BCUT2D eigenvalue weighted by molar-refractivity contribution is 5.84. The Bertz CT molecular complexity index is 1020. The van der Waals surface area contributed by atoms with Gasteiger partial charge in [0.05, 0.1) is 11.7 Å². The van der Waals surface area contributed by atoms with E-state index in [1.165, 1.54) is 10.9 Å². The largest absolute Gasteiger partial charge is 0.361 e. The molecule has 2 aromatic heterocycles. The Morgan fingerprint density at radius 3 is 3.11 bits per heavy atom. The van der Waals surface area contributed by atoms with Crippen LogP contribution in [-0.4, -0.2) is 33.4 Å². The van der Waals surface area contributed by atoms with Gasteiger partial charge in [0.2, 0.25) is 5.91 Å². The van der Waals surface area contributed by atoms with Gasteiger partial charge >= 0.3 is 0 Å². The van der Waals surface area contributed by atoms with Crippen molar-refractivity contribution in [1.82, 2.24) is 25.6 Å². The topological polar surface area (TPSA) is 85.6 Å². The number of benzene rings is 1. The van der Waals surface area contributed by atoms with E-state index in [2.05, 4.69) is 51.1 Å². The third-order valence-corrected chi connectivity index (χ3v) is 5.52. The number of H-pyrrole nitrogens is 2. The summed E-state index contributed by atoms with van der Waals surface area (Å²) in [6.45, 7) is 0.930. The van der Waals surface area contributed by atoms with Gasteiger partial charge in [-0.25, -0.2) is 4.98 Å². The van der Waals surface area contributed by atoms with Crippen molar-refractivity contribution in [2.75, 3.05) is 6.54 Å². The van der Waals surface area contributed by atoms with Gasteiger partial charge < -0.3 is 20.6 Å². The van der Waals surface area contributed by atoms with E-state index in [9.17, 15) is 4.79 Å². The van der Waals surface area contributed by atoms with E-state index in [0.29, 0.717) is 6.42 Å². The van der Waals surface area contributed by atoms with E-state index in [-0.39, 0.29) is 11.9 Å². The number of aromatic amines is 2. The second-order valence-electron chi connectivity index (χ2n) is 7.39. The van der Waals surface area contributed by atoms with Crippen molar-refractivity contribution in [2.45, 2.75) is 38.1 Å². The van der Waals surface area contributed by atoms with Crippen LogP contribution in [-0.2, 0) is 24.1 Å². The van der Waals surface area contributed by atoms with Gasteiger partial charge in [0.25, 0.3) is 0 Å². The minimum atomic E-state index is -0.0495. The van der Waals surface area contributed by atoms with Crippen LogP contribution in [0.4, 0.5) is 0 Å². The normalized spacial score (nSPS) is 19.1. The summed E-state index contributed by atoms with van der Waals surface area (Å²) < 4.78 is 0. The van der Waals surface area contributed by atoms with E-state index in [1.807, 2.05) is 6.07 Å². The molecule has 1 amide bonds. The number of amides is 1. The van der Waals surface area contributed by atoms with Gasteiger partial charge in [0.1, 0.15) is 5.82 Å². The maximum atomic E-state index is 12.3. The third kappa shape index (κ3) is 3.17. The van der Waals surface area contributed by atoms with Gasteiger partial charge in [-0.2, -0.15) is 0 Å². The molecule has 0 unspecified atom stereocenters. The number of nitrogens with one attached hydrogen (secondary N) is 4. The van der Waals surface area contributed by atoms with Gasteiger partial charge in [0, 0.05) is 47.8 Å². The molecule has 1 aliphatic heterocycles. The van der Waals surface area contributed by atoms with E-state index in [0.717, 1.165) is 60.7 Å². The van der Waals surface area contributed by atoms with Crippen LogP contribution in [0, 0.1) is 0 Å². The number of hydrogen-bond donors (Lipinski definition) is 4. The molecule has 1 fully saturated rings. The van der Waals surface area contributed by atoms with Gasteiger partial charge in [-0.3, -0.25) is 4.79 Å². The highest BCUT2D eigenvalue weighted by Crippen LogP contribution is 2.23. The maximum absolute atomic E-state index is 12.3. The predicted molar refractivity (Wildman–Crippen MR) is 104 cm³/mol. The number of nitrogens with zero attached hydrogens (tertiary/aromatic N) is 1. The van der Waals surface area contributed by atoms with Crippen LogP contribution in [0.1, 0.15) is 35.6 Å². The molecule has 1 saturated heterocycles. The summed E-state index contributed by atoms with van der Waals surface area (Å²) >= 11 is 0. The fourth-order valence-electron chi connectivity index (χ4n) is 4.09. The lowest BCUT2D eigenvalue weighted by molar-refractivity contribution is -0.122. The number of allylic oxidation sites excluding steroid dienone is 2. The number of carbonyl (C=O) groups is 1. The average Bonchev–Trinajstić information content (AvgIpc) is 3.41. The number of imidazole rings is 1. The molecule has 6 nitrogen and oxygen atoms in total. The van der Waals surface area contributed by atoms with Crippen molar-refractivity contribution >= 4 is 16.8 Å². The average molecular weight is 361 g/mol. The zero-order chi connectivity index (χ0) is 18.2. The predicted octanol–water partition coefficient (Wildman–Crippen LogP) is 2.33. The van der Waals surface area contributed by atoms with Gasteiger partial charge in [-0.1, -0.05) is 24.3 Å². The van der Waals surface area contributed by atoms with Crippen LogP contribution >= 0.6 is 0 Å². The minimum absolute atomic E-state index is 0.0495. The summed E-state index contributed by atoms with van der Waals surface area (Å²) in [6.07, 6.45) is 8.37. The first kappa shape index (κ1) is 16.3. The standard InChI is InChI=1S/C21H23N5O/c27-21(18-6-3-9-22-18)24-14-7-8-17-19(11-14)26-20(25-17)10-13-12-23-16-5-2-1-4-15(13)16/h1-2,4-5,7,12,18,22-23H,3,6,8-11H2,(H,24,27)(H,25,26)/t18-/m0/s1. The smallest absolute Gasteiger partial charge is 0.241 e. The number of para-hydroxylation sites is 1. The summed E-state index contributed by atoms with van der Waals surface area (Å²) in [6, 6.07) is 8.27. The number of hydrogen-bond acceptors (Lipinski definition) is 3. The first-order chi connectivity index (χ1) is 13.3. The quantitative estimate of drug-likeness (QED) is 0.575. The molecule has 27 heavy (non-hydrogen) atoms. The van der Waals surface area contributed by atoms with E-state index < -0.39 is 0 Å². The lowest BCUT2D eigenvalue weighted by Gasteiger charge is -2.16. The Balaban J connectivity index is 1.29. The molecule has 4 N–H and O–H groups in total. The summed E-state index contributed by atoms with van der Waals surface area (Å²) in [5.74, 6) is 1.06. The molecule has 0 bridgehead atoms. The molecule has 0 spiro atoms. The molecule has 3 heterocycles. The monoisotopic (exact) mass is 361 g/mol. The molecule has 5 rings (SSSR count). The zero-order valence-corrected chi connectivity index (χ0v) is 15.1. The molecule has 6 heteroatoms. The molecular formula is C21H23N5O. The van der Waals surface area contributed by atoms with Gasteiger partial charge in [0.15, 0.2) is 0 Å². The summed E-state index contributed by atoms with van der Waals surface area (Å²) in [4.78, 5) is 23.9. The van der Waals surface area contributed by atoms with Crippen LogP contribution in [0.5, 0.6) is 0 Å². The Hall–Kier alpha value is -2.86. The van der Waals surface area contributed by atoms with Crippen molar-refractivity contribution in [3.8, 4) is 0 Å². The first-order valence-electron chi connectivity index (χ1n) is 9.61. The molecule has 0 saturated carbocycles. The number of aromatic nitrogens is 3. The van der Waals surface area contributed by atoms with Crippen molar-refractivity contribution in [3.05, 3.63) is 65.0 Å². The molecular weight excluding hydrogens is 338 g/mol. The number of fused-ring (bicyclic) bond motifs is 2. The zero-order valence-electron chi connectivity index (χ0n) is 15.1. The molecule has 1 aromatic carbocycles. The van der Waals surface area contributed by atoms with E-state index >= 15 is 0 Å². The van der Waals surface area contributed by atoms with Gasteiger partial charge in [-0.05, 0) is 31.0 Å². The Kier molecular flexibility index (Phi) is 4.05. The Morgan fingerprint density at radius 1 is 1.30 bits per heavy atom. The minimum Gasteiger partial charge on any atom is -0.361 e. The lowest BCUT2D eigenvalue weighted by atomic mass is 10.0. The van der Waals surface area contributed by atoms with Crippen LogP contribution in [0.25, 0.3) is 10.9 Å². The fraction of sp³-hybridized carbons (Fsp3) is 0.333. The van der Waals surface area contributed by atoms with Crippen LogP contribution in [0.3, 0.4) is 0 Å². The van der Waals surface area contributed by atoms with Crippen LogP contribution in [0.15, 0.2) is 42.2 Å². The first-order valence-corrected chi connectivity index (χ1v) is 9.61. The molecule has 138 valence electrons. The number of carbonyl (C=O) groups excluding carboxylic acids is 1. The maximum Gasteiger partial charge on any atom is 0.241 e. The SMILES string of the molecule is O=C(NC1=CCc2nc(Cc3c[nH]c4ccccc34)[nH]c2C1)[C@@H]1CCCN1. The molecule has 1 aliphatic carbocycles. The van der Waals surface area contributed by atoms with Crippen molar-refractivity contribution < 1.29 is 4.79 Å². The lowest BCUT2D eigenvalue weighted by Crippen LogP contribution is -2.40. The molecule has 1 atom stereocenters. The summed E-state index contributed by atoms with van der Waals surface area (Å²) in [7, 11) is 0. The summed E-state index contributed by atoms with van der Waals surface area (Å²) in [5.41, 5.74) is 5.56. The fourth-order valence-corrected chi connectivity index (χ4v) is 4.09. The Labute approximate surface area is 157 Å². The second kappa shape index (κ2) is 6.70. The molecule has 3 aromatic rings. The van der Waals surface area contributed by atoms with Crippen LogP contribution in [0.2, 0.25) is 0 Å². The molecule has 0 radical (unpaired) electrons. The van der Waals surface area contributed by atoms with Crippen LogP contribution < -0.4 is 10.6 Å².